The van der Waals surface area contributed by atoms with Crippen LogP contribution in [0.2, 0.25) is 0 Å². The van der Waals surface area contributed by atoms with E-state index in [0.29, 0.717) is 6.42 Å². The van der Waals surface area contributed by atoms with Crippen LogP contribution < -0.4 is 10.1 Å². The Morgan fingerprint density at radius 3 is 2.64 bits per heavy atom. The van der Waals surface area contributed by atoms with Crippen LogP contribution in [-0.4, -0.2) is 51.6 Å². The molecule has 0 radical (unpaired) electrons. The molecule has 0 spiro atoms. The third-order valence-electron chi connectivity index (χ3n) is 4.43. The zero-order valence-electron chi connectivity index (χ0n) is 15.4. The number of esters is 1. The van der Waals surface area contributed by atoms with Gasteiger partial charge in [-0.3, -0.25) is 4.79 Å². The molecule has 28 heavy (non-hydrogen) atoms. The molecule has 0 unspecified atom stereocenters. The van der Waals surface area contributed by atoms with Gasteiger partial charge in [0.25, 0.3) is 5.91 Å². The van der Waals surface area contributed by atoms with E-state index in [9.17, 15) is 18.0 Å². The first-order valence-electron chi connectivity index (χ1n) is 8.77. The summed E-state index contributed by atoms with van der Waals surface area (Å²) in [7, 11) is -1.46. The van der Waals surface area contributed by atoms with Gasteiger partial charge in [-0.25, -0.2) is 13.2 Å². The number of hydrogen-bond acceptors (Lipinski definition) is 6. The number of carbonyl (C=O) groups excluding carboxylic acids is 2. The van der Waals surface area contributed by atoms with Gasteiger partial charge in [0.05, 0.1) is 18.6 Å². The topological polar surface area (TPSA) is 98.8 Å². The Hall–Kier alpha value is -2.87. The average molecular weight is 403 g/mol. The Morgan fingerprint density at radius 2 is 1.93 bits per heavy atom. The van der Waals surface area contributed by atoms with Gasteiger partial charge < -0.3 is 14.8 Å². The number of amides is 1. The summed E-state index contributed by atoms with van der Waals surface area (Å²) in [5.41, 5.74) is 0.815. The van der Waals surface area contributed by atoms with Gasteiger partial charge in [0.15, 0.2) is 16.4 Å². The highest BCUT2D eigenvalue weighted by atomic mass is 32.2. The summed E-state index contributed by atoms with van der Waals surface area (Å²) >= 11 is 0. The fourth-order valence-corrected chi connectivity index (χ4v) is 4.67. The number of nitrogens with one attached hydrogen (secondary N) is 1. The molecule has 7 nitrogen and oxygen atoms in total. The summed E-state index contributed by atoms with van der Waals surface area (Å²) in [6.07, 6.45) is 3.24. The average Bonchev–Trinajstić information content (AvgIpc) is 3.02. The van der Waals surface area contributed by atoms with Gasteiger partial charge in [0, 0.05) is 12.1 Å². The summed E-state index contributed by atoms with van der Waals surface area (Å²) in [6.45, 7) is -0.447. The molecule has 148 valence electrons. The van der Waals surface area contributed by atoms with Crippen LogP contribution in [0.15, 0.2) is 42.5 Å². The van der Waals surface area contributed by atoms with Crippen molar-refractivity contribution in [3.8, 4) is 5.75 Å². The number of sulfone groups is 1. The quantitative estimate of drug-likeness (QED) is 0.582. The molecule has 1 fully saturated rings. The van der Waals surface area contributed by atoms with Crippen LogP contribution in [0.1, 0.15) is 12.0 Å². The minimum absolute atomic E-state index is 0.0685. The number of methoxy groups -OCH3 is 1. The van der Waals surface area contributed by atoms with Gasteiger partial charge >= 0.3 is 5.97 Å². The van der Waals surface area contributed by atoms with Crippen LogP contribution in [0.3, 0.4) is 0 Å². The van der Waals surface area contributed by atoms with E-state index in [1.807, 2.05) is 36.4 Å². The van der Waals surface area contributed by atoms with Crippen LogP contribution in [0.5, 0.6) is 5.75 Å². The van der Waals surface area contributed by atoms with Gasteiger partial charge in [-0.2, -0.15) is 0 Å². The molecule has 1 saturated heterocycles. The highest BCUT2D eigenvalue weighted by Crippen LogP contribution is 2.22. The monoisotopic (exact) mass is 403 g/mol. The van der Waals surface area contributed by atoms with E-state index in [0.717, 1.165) is 22.1 Å². The summed E-state index contributed by atoms with van der Waals surface area (Å²) in [5, 5.41) is 4.58. The molecular formula is C20H21NO6S. The van der Waals surface area contributed by atoms with E-state index in [1.54, 1.807) is 13.2 Å². The Kier molecular flexibility index (Phi) is 5.99. The van der Waals surface area contributed by atoms with Crippen molar-refractivity contribution in [2.45, 2.75) is 12.5 Å². The molecule has 1 aliphatic rings. The van der Waals surface area contributed by atoms with Gasteiger partial charge in [0.2, 0.25) is 0 Å². The van der Waals surface area contributed by atoms with Crippen LogP contribution in [0, 0.1) is 0 Å². The maximum absolute atomic E-state index is 11.8. The smallest absolute Gasteiger partial charge is 0.331 e. The molecule has 0 bridgehead atoms. The summed E-state index contributed by atoms with van der Waals surface area (Å²) in [5.74, 6) is -0.389. The SMILES string of the molecule is COc1ccc2cc(/C=C/C(=O)OCC(=O)N[C@@H]3CCS(=O)(=O)C3)ccc2c1. The van der Waals surface area contributed by atoms with Gasteiger partial charge in [0.1, 0.15) is 5.75 Å². The number of fused-ring (bicyclic) bond motifs is 1. The van der Waals surface area contributed by atoms with Crippen molar-refractivity contribution in [2.75, 3.05) is 25.2 Å². The second-order valence-corrected chi connectivity index (χ2v) is 8.81. The lowest BCUT2D eigenvalue weighted by atomic mass is 10.1. The lowest BCUT2D eigenvalue weighted by molar-refractivity contribution is -0.143. The zero-order valence-corrected chi connectivity index (χ0v) is 16.2. The fourth-order valence-electron chi connectivity index (χ4n) is 3.00. The number of ether oxygens (including phenoxy) is 2. The fraction of sp³-hybridized carbons (Fsp3) is 0.300. The molecule has 2 aromatic carbocycles. The molecular weight excluding hydrogens is 382 g/mol. The largest absolute Gasteiger partial charge is 0.497 e. The molecule has 1 aliphatic heterocycles. The zero-order chi connectivity index (χ0) is 20.1. The Morgan fingerprint density at radius 1 is 1.18 bits per heavy atom. The number of benzene rings is 2. The first kappa shape index (κ1) is 19.9. The Labute approximate surface area is 163 Å². The maximum atomic E-state index is 11.8. The molecule has 2 aromatic rings. The maximum Gasteiger partial charge on any atom is 0.331 e. The first-order chi connectivity index (χ1) is 13.3. The second kappa shape index (κ2) is 8.43. The van der Waals surface area contributed by atoms with Crippen LogP contribution in [-0.2, 0) is 24.2 Å². The Bertz CT molecular complexity index is 1030. The van der Waals surface area contributed by atoms with Crippen molar-refractivity contribution >= 4 is 38.6 Å². The standard InChI is InChI=1S/C20H21NO6S/c1-26-18-6-5-15-10-14(2-4-16(15)11-18)3-7-20(23)27-12-19(22)21-17-8-9-28(24,25)13-17/h2-7,10-11,17H,8-9,12-13H2,1H3,(H,21,22)/b7-3+/t17-/m1/s1. The molecule has 1 heterocycles. The summed E-state index contributed by atoms with van der Waals surface area (Å²) < 4.78 is 32.8. The van der Waals surface area contributed by atoms with E-state index < -0.39 is 34.4 Å². The van der Waals surface area contributed by atoms with E-state index in [2.05, 4.69) is 5.32 Å². The van der Waals surface area contributed by atoms with Crippen LogP contribution >= 0.6 is 0 Å². The third-order valence-corrected chi connectivity index (χ3v) is 6.19. The minimum Gasteiger partial charge on any atom is -0.497 e. The summed E-state index contributed by atoms with van der Waals surface area (Å²) in [4.78, 5) is 23.6. The Balaban J connectivity index is 1.51. The molecule has 0 aromatic heterocycles. The molecule has 1 N–H and O–H groups in total. The highest BCUT2D eigenvalue weighted by Gasteiger charge is 2.28. The predicted molar refractivity (Wildman–Crippen MR) is 106 cm³/mol. The predicted octanol–water partition coefficient (Wildman–Crippen LogP) is 1.71. The van der Waals surface area contributed by atoms with E-state index >= 15 is 0 Å². The molecule has 0 aliphatic carbocycles. The minimum atomic E-state index is -3.07. The first-order valence-corrected chi connectivity index (χ1v) is 10.6. The molecule has 3 rings (SSSR count). The van der Waals surface area contributed by atoms with Crippen molar-refractivity contribution in [2.24, 2.45) is 0 Å². The third kappa shape index (κ3) is 5.32. The van der Waals surface area contributed by atoms with Gasteiger partial charge in [-0.1, -0.05) is 18.2 Å². The van der Waals surface area contributed by atoms with E-state index in [4.69, 9.17) is 9.47 Å². The van der Waals surface area contributed by atoms with E-state index in [-0.39, 0.29) is 11.5 Å². The van der Waals surface area contributed by atoms with Crippen molar-refractivity contribution in [1.29, 1.82) is 0 Å². The second-order valence-electron chi connectivity index (χ2n) is 6.58. The van der Waals surface area contributed by atoms with Crippen molar-refractivity contribution in [3.63, 3.8) is 0 Å². The summed E-state index contributed by atoms with van der Waals surface area (Å²) in [6, 6.07) is 11.0. The lowest BCUT2D eigenvalue weighted by Gasteiger charge is -2.10. The van der Waals surface area contributed by atoms with Crippen molar-refractivity contribution in [3.05, 3.63) is 48.0 Å². The number of rotatable bonds is 6. The van der Waals surface area contributed by atoms with E-state index in [1.165, 1.54) is 6.08 Å². The molecule has 1 amide bonds. The number of carbonyl (C=O) groups is 2. The molecule has 8 heteroatoms. The van der Waals surface area contributed by atoms with Crippen LogP contribution in [0.25, 0.3) is 16.8 Å². The normalized spacial score (nSPS) is 18.2. The molecule has 1 atom stereocenters. The van der Waals surface area contributed by atoms with Gasteiger partial charge in [-0.15, -0.1) is 0 Å². The van der Waals surface area contributed by atoms with Crippen molar-refractivity contribution < 1.29 is 27.5 Å². The van der Waals surface area contributed by atoms with Crippen molar-refractivity contribution in [1.82, 2.24) is 5.32 Å². The van der Waals surface area contributed by atoms with Gasteiger partial charge in [-0.05, 0) is 47.0 Å². The van der Waals surface area contributed by atoms with Crippen LogP contribution in [0.4, 0.5) is 0 Å². The molecule has 0 saturated carbocycles. The highest BCUT2D eigenvalue weighted by molar-refractivity contribution is 7.91. The lowest BCUT2D eigenvalue weighted by Crippen LogP contribution is -2.38. The number of hydrogen-bond donors (Lipinski definition) is 1.